The molecule has 0 saturated heterocycles. The van der Waals surface area contributed by atoms with Crippen molar-refractivity contribution in [3.05, 3.63) is 65.9 Å². The molecule has 0 bridgehead atoms. The highest BCUT2D eigenvalue weighted by atomic mass is 19.4. The van der Waals surface area contributed by atoms with E-state index in [1.807, 2.05) is 32.9 Å². The first-order valence-electron chi connectivity index (χ1n) is 10.9. The second-order valence-electron chi connectivity index (χ2n) is 8.73. The van der Waals surface area contributed by atoms with Crippen LogP contribution in [0.1, 0.15) is 51.7 Å². The zero-order chi connectivity index (χ0) is 24.1. The summed E-state index contributed by atoms with van der Waals surface area (Å²) in [7, 11) is 0. The molecule has 3 rings (SSSR count). The highest BCUT2D eigenvalue weighted by molar-refractivity contribution is 5.66. The van der Waals surface area contributed by atoms with Gasteiger partial charge in [-0.3, -0.25) is 0 Å². The molecule has 3 aromatic rings. The first-order chi connectivity index (χ1) is 15.6. The third-order valence-electron chi connectivity index (χ3n) is 4.96. The Labute approximate surface area is 192 Å². The molecule has 0 saturated carbocycles. The van der Waals surface area contributed by atoms with E-state index in [0.29, 0.717) is 18.0 Å². The fraction of sp³-hybridized carbons (Fsp3) is 0.360. The number of nitrogens with one attached hydrogen (secondary N) is 2. The molecule has 0 aliphatic rings. The molecular weight excluding hydrogens is 429 g/mol. The molecule has 2 aromatic carbocycles. The molecule has 0 unspecified atom stereocenters. The Bertz CT molecular complexity index is 1060. The van der Waals surface area contributed by atoms with E-state index in [1.165, 1.54) is 0 Å². The van der Waals surface area contributed by atoms with Crippen LogP contribution in [0, 0.1) is 0 Å². The summed E-state index contributed by atoms with van der Waals surface area (Å²) < 4.78 is 46.6. The van der Waals surface area contributed by atoms with Crippen LogP contribution < -0.4 is 15.4 Å². The van der Waals surface area contributed by atoms with E-state index in [1.54, 1.807) is 36.4 Å². The van der Waals surface area contributed by atoms with Gasteiger partial charge in [-0.15, -0.1) is 0 Å². The van der Waals surface area contributed by atoms with Crippen molar-refractivity contribution in [2.45, 2.75) is 52.1 Å². The van der Waals surface area contributed by atoms with Crippen LogP contribution in [0.3, 0.4) is 0 Å². The molecule has 5 nitrogen and oxygen atoms in total. The number of aromatic nitrogens is 2. The van der Waals surface area contributed by atoms with Gasteiger partial charge in [0.25, 0.3) is 0 Å². The summed E-state index contributed by atoms with van der Waals surface area (Å²) in [4.78, 5) is 8.03. The maximum absolute atomic E-state index is 13.7. The summed E-state index contributed by atoms with van der Waals surface area (Å²) >= 11 is 0. The zero-order valence-corrected chi connectivity index (χ0v) is 19.3. The van der Waals surface area contributed by atoms with E-state index in [-0.39, 0.29) is 17.2 Å². The third kappa shape index (κ3) is 6.60. The lowest BCUT2D eigenvalue weighted by Crippen LogP contribution is -2.16. The Morgan fingerprint density at radius 2 is 1.61 bits per heavy atom. The maximum Gasteiger partial charge on any atom is 0.421 e. The molecule has 0 fully saturated rings. The van der Waals surface area contributed by atoms with Crippen molar-refractivity contribution in [1.29, 1.82) is 0 Å². The lowest BCUT2D eigenvalue weighted by molar-refractivity contribution is -0.137. The summed E-state index contributed by atoms with van der Waals surface area (Å²) in [6.07, 6.45) is -1.80. The number of benzene rings is 2. The number of hydrogen-bond donors (Lipinski definition) is 2. The highest BCUT2D eigenvalue weighted by Crippen LogP contribution is 2.37. The Kier molecular flexibility index (Phi) is 7.46. The van der Waals surface area contributed by atoms with Crippen molar-refractivity contribution in [3.8, 4) is 5.75 Å². The summed E-state index contributed by atoms with van der Waals surface area (Å²) in [5, 5.41) is 5.85. The molecule has 0 amide bonds. The largest absolute Gasteiger partial charge is 0.494 e. The van der Waals surface area contributed by atoms with E-state index in [0.717, 1.165) is 30.4 Å². The third-order valence-corrected chi connectivity index (χ3v) is 4.96. The Morgan fingerprint density at radius 3 is 2.24 bits per heavy atom. The van der Waals surface area contributed by atoms with Gasteiger partial charge in [-0.2, -0.15) is 18.2 Å². The molecule has 33 heavy (non-hydrogen) atoms. The van der Waals surface area contributed by atoms with E-state index in [4.69, 9.17) is 4.74 Å². The number of para-hydroxylation sites is 1. The molecule has 0 aliphatic carbocycles. The van der Waals surface area contributed by atoms with Gasteiger partial charge in [-0.25, -0.2) is 4.98 Å². The summed E-state index contributed by atoms with van der Waals surface area (Å²) in [5.41, 5.74) is 0.880. The average Bonchev–Trinajstić information content (AvgIpc) is 2.74. The minimum atomic E-state index is -4.60. The van der Waals surface area contributed by atoms with Crippen molar-refractivity contribution < 1.29 is 17.9 Å². The Balaban J connectivity index is 1.87. The number of halogens is 3. The number of ether oxygens (including phenoxy) is 1. The summed E-state index contributed by atoms with van der Waals surface area (Å²) in [6.45, 7) is 8.73. The number of nitrogens with zero attached hydrogens (tertiary/aromatic N) is 2. The Morgan fingerprint density at radius 1 is 0.909 bits per heavy atom. The second kappa shape index (κ2) is 10.1. The van der Waals surface area contributed by atoms with Crippen LogP contribution in [0.5, 0.6) is 5.75 Å². The van der Waals surface area contributed by atoms with Crippen LogP contribution >= 0.6 is 0 Å². The predicted molar refractivity (Wildman–Crippen MR) is 126 cm³/mol. The Hall–Kier alpha value is -3.29. The van der Waals surface area contributed by atoms with Crippen LogP contribution in [0.15, 0.2) is 54.7 Å². The minimum absolute atomic E-state index is 0.0541. The number of unbranched alkanes of at least 4 members (excludes halogenated alkanes) is 1. The van der Waals surface area contributed by atoms with Gasteiger partial charge >= 0.3 is 6.18 Å². The quantitative estimate of drug-likeness (QED) is 0.343. The zero-order valence-electron chi connectivity index (χ0n) is 19.3. The average molecular weight is 459 g/mol. The standard InChI is InChI=1S/C25H29F3N4O/c1-5-6-15-33-18-13-11-17(12-14-18)30-23-29-16-20(25(26,27)28)22(32-23)31-21-10-8-7-9-19(21)24(2,3)4/h7-14,16H,5-6,15H2,1-4H3,(H2,29,30,31,32). The lowest BCUT2D eigenvalue weighted by atomic mass is 9.86. The minimum Gasteiger partial charge on any atom is -0.494 e. The summed E-state index contributed by atoms with van der Waals surface area (Å²) in [6, 6.07) is 14.4. The molecule has 0 atom stereocenters. The molecule has 0 spiro atoms. The van der Waals surface area contributed by atoms with E-state index in [9.17, 15) is 13.2 Å². The molecule has 0 radical (unpaired) electrons. The number of anilines is 4. The van der Waals surface area contributed by atoms with Crippen molar-refractivity contribution >= 4 is 23.1 Å². The molecule has 1 aromatic heterocycles. The van der Waals surface area contributed by atoms with Gasteiger partial charge in [0.05, 0.1) is 6.61 Å². The van der Waals surface area contributed by atoms with Crippen LogP contribution in [-0.2, 0) is 11.6 Å². The molecular formula is C25H29F3N4O. The van der Waals surface area contributed by atoms with E-state index >= 15 is 0 Å². The first kappa shape index (κ1) is 24.4. The van der Waals surface area contributed by atoms with Gasteiger partial charge in [-0.05, 0) is 47.7 Å². The van der Waals surface area contributed by atoms with Crippen LogP contribution in [0.25, 0.3) is 0 Å². The number of alkyl halides is 3. The molecule has 176 valence electrons. The molecule has 2 N–H and O–H groups in total. The molecule has 0 aliphatic heterocycles. The second-order valence-corrected chi connectivity index (χ2v) is 8.73. The fourth-order valence-corrected chi connectivity index (χ4v) is 3.22. The normalized spacial score (nSPS) is 11.8. The van der Waals surface area contributed by atoms with Crippen LogP contribution in [0.2, 0.25) is 0 Å². The fourth-order valence-electron chi connectivity index (χ4n) is 3.22. The van der Waals surface area contributed by atoms with Crippen molar-refractivity contribution in [2.75, 3.05) is 17.2 Å². The van der Waals surface area contributed by atoms with E-state index < -0.39 is 11.7 Å². The lowest BCUT2D eigenvalue weighted by Gasteiger charge is -2.24. The smallest absolute Gasteiger partial charge is 0.421 e. The first-order valence-corrected chi connectivity index (χ1v) is 10.9. The van der Waals surface area contributed by atoms with Crippen molar-refractivity contribution in [3.63, 3.8) is 0 Å². The van der Waals surface area contributed by atoms with Crippen LogP contribution in [0.4, 0.5) is 36.3 Å². The number of rotatable bonds is 8. The maximum atomic E-state index is 13.7. The summed E-state index contributed by atoms with van der Waals surface area (Å²) in [5.74, 6) is 0.470. The highest BCUT2D eigenvalue weighted by Gasteiger charge is 2.35. The topological polar surface area (TPSA) is 59.1 Å². The molecule has 1 heterocycles. The van der Waals surface area contributed by atoms with Gasteiger partial charge in [0.15, 0.2) is 0 Å². The monoisotopic (exact) mass is 458 g/mol. The van der Waals surface area contributed by atoms with Crippen molar-refractivity contribution in [2.24, 2.45) is 0 Å². The van der Waals surface area contributed by atoms with Gasteiger partial charge in [0.1, 0.15) is 17.1 Å². The molecule has 8 heteroatoms. The van der Waals surface area contributed by atoms with Gasteiger partial charge in [0.2, 0.25) is 5.95 Å². The van der Waals surface area contributed by atoms with Crippen LogP contribution in [-0.4, -0.2) is 16.6 Å². The van der Waals surface area contributed by atoms with E-state index in [2.05, 4.69) is 27.5 Å². The van der Waals surface area contributed by atoms with Crippen molar-refractivity contribution in [1.82, 2.24) is 9.97 Å². The SMILES string of the molecule is CCCCOc1ccc(Nc2ncc(C(F)(F)F)c(Nc3ccccc3C(C)(C)C)n2)cc1. The van der Waals surface area contributed by atoms with Gasteiger partial charge in [0, 0.05) is 17.6 Å². The van der Waals surface area contributed by atoms with Gasteiger partial charge in [-0.1, -0.05) is 52.3 Å². The van der Waals surface area contributed by atoms with Gasteiger partial charge < -0.3 is 15.4 Å². The number of hydrogen-bond acceptors (Lipinski definition) is 5. The predicted octanol–water partition coefficient (Wildman–Crippen LogP) is 7.46.